The molecule has 12 heteroatoms. The van der Waals surface area contributed by atoms with E-state index in [4.69, 9.17) is 21.1 Å². The molecule has 3 aromatic rings. The fourth-order valence-electron chi connectivity index (χ4n) is 2.90. The highest BCUT2D eigenvalue weighted by molar-refractivity contribution is 14.1. The van der Waals surface area contributed by atoms with Crippen molar-refractivity contribution < 1.29 is 28.2 Å². The van der Waals surface area contributed by atoms with E-state index in [9.17, 15) is 18.8 Å². The maximum atomic E-state index is 12.9. The van der Waals surface area contributed by atoms with Crippen LogP contribution in [-0.2, 0) is 14.4 Å². The van der Waals surface area contributed by atoms with Crippen molar-refractivity contribution in [1.29, 1.82) is 0 Å². The Hall–Kier alpha value is -3.71. The Morgan fingerprint density at radius 1 is 1.03 bits per heavy atom. The summed E-state index contributed by atoms with van der Waals surface area (Å²) in [6.07, 6.45) is 1.31. The van der Waals surface area contributed by atoms with Crippen LogP contribution in [0.15, 0.2) is 59.7 Å². The van der Waals surface area contributed by atoms with Gasteiger partial charge in [0.25, 0.3) is 5.91 Å². The highest BCUT2D eigenvalue weighted by atomic mass is 127. The third-order valence-corrected chi connectivity index (χ3v) is 5.95. The van der Waals surface area contributed by atoms with Crippen LogP contribution in [0.5, 0.6) is 11.5 Å². The number of amides is 3. The smallest absolute Gasteiger partial charge is 0.329 e. The van der Waals surface area contributed by atoms with Gasteiger partial charge < -0.3 is 20.1 Å². The first-order valence-electron chi connectivity index (χ1n) is 10.6. The van der Waals surface area contributed by atoms with Gasteiger partial charge in [0.1, 0.15) is 5.82 Å². The summed E-state index contributed by atoms with van der Waals surface area (Å²) in [6.45, 7) is 1.59. The molecule has 0 aliphatic heterocycles. The van der Waals surface area contributed by atoms with E-state index in [1.165, 1.54) is 25.5 Å². The number of rotatable bonds is 8. The fourth-order valence-corrected chi connectivity index (χ4v) is 3.86. The van der Waals surface area contributed by atoms with E-state index >= 15 is 0 Å². The predicted molar refractivity (Wildman–Crippen MR) is 147 cm³/mol. The van der Waals surface area contributed by atoms with Gasteiger partial charge in [0.2, 0.25) is 0 Å². The lowest BCUT2D eigenvalue weighted by atomic mass is 10.2. The van der Waals surface area contributed by atoms with Crippen LogP contribution in [0.25, 0.3) is 0 Å². The number of anilines is 2. The molecule has 0 saturated carbocycles. The monoisotopic (exact) mass is 638 g/mol. The van der Waals surface area contributed by atoms with Crippen molar-refractivity contribution in [1.82, 2.24) is 5.43 Å². The molecule has 192 valence electrons. The van der Waals surface area contributed by atoms with Gasteiger partial charge in [0.15, 0.2) is 18.1 Å². The number of methoxy groups -OCH3 is 1. The van der Waals surface area contributed by atoms with Gasteiger partial charge in [-0.1, -0.05) is 17.7 Å². The summed E-state index contributed by atoms with van der Waals surface area (Å²) in [5.74, 6) is -2.15. The van der Waals surface area contributed by atoms with Crippen molar-refractivity contribution in [3.8, 4) is 11.5 Å². The molecular weight excluding hydrogens is 618 g/mol. The largest absolute Gasteiger partial charge is 0.493 e. The Morgan fingerprint density at radius 3 is 2.41 bits per heavy atom. The number of hydrazone groups is 1. The summed E-state index contributed by atoms with van der Waals surface area (Å²) in [4.78, 5) is 36.2. The van der Waals surface area contributed by atoms with E-state index < -0.39 is 17.6 Å². The van der Waals surface area contributed by atoms with E-state index in [0.717, 1.165) is 17.7 Å². The average molecular weight is 639 g/mol. The lowest BCUT2D eigenvalue weighted by Crippen LogP contribution is -2.32. The molecule has 3 aromatic carbocycles. The van der Waals surface area contributed by atoms with Gasteiger partial charge >= 0.3 is 11.8 Å². The minimum absolute atomic E-state index is 0.261. The molecule has 0 saturated heterocycles. The second-order valence-electron chi connectivity index (χ2n) is 7.50. The summed E-state index contributed by atoms with van der Waals surface area (Å²) in [5, 5.41) is 9.36. The van der Waals surface area contributed by atoms with Crippen molar-refractivity contribution in [2.75, 3.05) is 24.4 Å². The fraction of sp³-hybridized carbons (Fsp3) is 0.120. The molecule has 0 aliphatic rings. The minimum atomic E-state index is -1.01. The van der Waals surface area contributed by atoms with Crippen LogP contribution in [0, 0.1) is 16.3 Å². The molecule has 0 heterocycles. The second-order valence-corrected chi connectivity index (χ2v) is 9.06. The number of ether oxygens (including phenoxy) is 2. The predicted octanol–water partition coefficient (Wildman–Crippen LogP) is 4.51. The summed E-state index contributed by atoms with van der Waals surface area (Å²) in [5.41, 5.74) is 4.35. The van der Waals surface area contributed by atoms with Gasteiger partial charge in [0.05, 0.1) is 16.9 Å². The second kappa shape index (κ2) is 13.0. The number of carbonyl (C=O) groups is 3. The molecule has 3 rings (SSSR count). The zero-order valence-electron chi connectivity index (χ0n) is 19.6. The number of carbonyl (C=O) groups excluding carboxylic acids is 3. The van der Waals surface area contributed by atoms with Crippen LogP contribution in [-0.4, -0.2) is 37.7 Å². The molecule has 0 aliphatic carbocycles. The molecule has 0 aromatic heterocycles. The lowest BCUT2D eigenvalue weighted by molar-refractivity contribution is -0.136. The maximum absolute atomic E-state index is 12.9. The van der Waals surface area contributed by atoms with Gasteiger partial charge in [-0.25, -0.2) is 9.82 Å². The zero-order chi connectivity index (χ0) is 26.9. The van der Waals surface area contributed by atoms with E-state index in [-0.39, 0.29) is 18.2 Å². The normalized spacial score (nSPS) is 10.6. The standard InChI is InChI=1S/C25H21ClFIN4O5/c1-14-3-6-18(11-19(14)26)30-22(33)13-37-23-20(28)9-15(10-21(23)36-2)12-29-32-25(35)24(34)31-17-7-4-16(27)5-8-17/h3-12H,13H2,1-2H3,(H,30,33)(H,31,34)(H,32,35)/b29-12-. The van der Waals surface area contributed by atoms with Crippen LogP contribution in [0.3, 0.4) is 0 Å². The number of nitrogens with zero attached hydrogens (tertiary/aromatic N) is 1. The number of hydrogen-bond donors (Lipinski definition) is 3. The molecule has 0 radical (unpaired) electrons. The first-order chi connectivity index (χ1) is 17.7. The molecule has 0 fully saturated rings. The van der Waals surface area contributed by atoms with Gasteiger partial charge in [-0.2, -0.15) is 5.10 Å². The molecule has 0 unspecified atom stereocenters. The molecule has 3 amide bonds. The third-order valence-electron chi connectivity index (χ3n) is 4.74. The van der Waals surface area contributed by atoms with Crippen molar-refractivity contribution in [3.63, 3.8) is 0 Å². The molecule has 0 bridgehead atoms. The molecule has 9 nitrogen and oxygen atoms in total. The Balaban J connectivity index is 1.58. The van der Waals surface area contributed by atoms with Gasteiger partial charge in [-0.3, -0.25) is 14.4 Å². The van der Waals surface area contributed by atoms with Crippen molar-refractivity contribution in [2.24, 2.45) is 5.10 Å². The van der Waals surface area contributed by atoms with Gasteiger partial charge in [0, 0.05) is 16.4 Å². The lowest BCUT2D eigenvalue weighted by Gasteiger charge is -2.14. The number of aryl methyl sites for hydroxylation is 1. The maximum Gasteiger partial charge on any atom is 0.329 e. The first-order valence-corrected chi connectivity index (χ1v) is 12.1. The Labute approximate surface area is 230 Å². The van der Waals surface area contributed by atoms with Crippen LogP contribution in [0.1, 0.15) is 11.1 Å². The van der Waals surface area contributed by atoms with Gasteiger partial charge in [-0.05, 0) is 89.2 Å². The summed E-state index contributed by atoms with van der Waals surface area (Å²) < 4.78 is 24.6. The van der Waals surface area contributed by atoms with E-state index in [2.05, 4.69) is 21.2 Å². The van der Waals surface area contributed by atoms with Crippen LogP contribution in [0.2, 0.25) is 5.02 Å². The topological polar surface area (TPSA) is 118 Å². The first kappa shape index (κ1) is 27.9. The van der Waals surface area contributed by atoms with Crippen LogP contribution < -0.4 is 25.5 Å². The van der Waals surface area contributed by atoms with E-state index in [1.807, 2.05) is 29.5 Å². The molecule has 3 N–H and O–H groups in total. The third kappa shape index (κ3) is 8.15. The van der Waals surface area contributed by atoms with Crippen LogP contribution in [0.4, 0.5) is 15.8 Å². The molecular formula is C25H21ClFIN4O5. The van der Waals surface area contributed by atoms with Crippen molar-refractivity contribution >= 4 is 69.5 Å². The minimum Gasteiger partial charge on any atom is -0.493 e. The highest BCUT2D eigenvalue weighted by Gasteiger charge is 2.15. The summed E-state index contributed by atoms with van der Waals surface area (Å²) in [6, 6.07) is 13.4. The zero-order valence-corrected chi connectivity index (χ0v) is 22.5. The van der Waals surface area contributed by atoms with E-state index in [0.29, 0.717) is 31.3 Å². The number of halogens is 3. The summed E-state index contributed by atoms with van der Waals surface area (Å²) >= 11 is 8.10. The highest BCUT2D eigenvalue weighted by Crippen LogP contribution is 2.33. The number of nitrogens with one attached hydrogen (secondary N) is 3. The van der Waals surface area contributed by atoms with Crippen molar-refractivity contribution in [3.05, 3.63) is 80.1 Å². The Kier molecular flexibility index (Phi) is 9.80. The number of hydrogen-bond acceptors (Lipinski definition) is 6. The van der Waals surface area contributed by atoms with Crippen molar-refractivity contribution in [2.45, 2.75) is 6.92 Å². The molecule has 0 atom stereocenters. The number of benzene rings is 3. The Morgan fingerprint density at radius 2 is 1.73 bits per heavy atom. The summed E-state index contributed by atoms with van der Waals surface area (Å²) in [7, 11) is 1.44. The SMILES string of the molecule is COc1cc(/C=N\NC(=O)C(=O)Nc2ccc(F)cc2)cc(I)c1OCC(=O)Nc1ccc(C)c(Cl)c1. The van der Waals surface area contributed by atoms with Gasteiger partial charge in [-0.15, -0.1) is 0 Å². The van der Waals surface area contributed by atoms with E-state index in [1.54, 1.807) is 30.3 Å². The Bertz CT molecular complexity index is 1350. The van der Waals surface area contributed by atoms with Crippen LogP contribution >= 0.6 is 34.2 Å². The quantitative estimate of drug-likeness (QED) is 0.145. The molecule has 37 heavy (non-hydrogen) atoms. The average Bonchev–Trinajstić information content (AvgIpc) is 2.86. The molecule has 0 spiro atoms.